The third-order valence-corrected chi connectivity index (χ3v) is 6.46. The average Bonchev–Trinajstić information content (AvgIpc) is 2.73. The Labute approximate surface area is 190 Å². The maximum Gasteiger partial charge on any atom is 0.263 e. The Morgan fingerprint density at radius 2 is 1.65 bits per heavy atom. The Morgan fingerprint density at radius 1 is 0.968 bits per heavy atom. The van der Waals surface area contributed by atoms with Crippen LogP contribution in [-0.4, -0.2) is 26.0 Å². The third-order valence-electron chi connectivity index (χ3n) is 4.76. The highest BCUT2D eigenvalue weighted by atomic mass is 32.2. The number of benzene rings is 2. The minimum absolute atomic E-state index is 0.0646. The van der Waals surface area contributed by atoms with Crippen LogP contribution in [0.3, 0.4) is 0 Å². The number of amides is 1. The molecule has 0 saturated carbocycles. The van der Waals surface area contributed by atoms with Crippen LogP contribution in [0.5, 0.6) is 0 Å². The molecule has 0 aromatic heterocycles. The molecule has 0 spiro atoms. The molecule has 3 N–H and O–H groups in total. The van der Waals surface area contributed by atoms with Gasteiger partial charge in [0.25, 0.3) is 15.9 Å². The number of aryl methyl sites for hydroxylation is 1. The molecule has 0 aliphatic rings. The van der Waals surface area contributed by atoms with Gasteiger partial charge in [-0.15, -0.1) is 0 Å². The average molecular weight is 462 g/mol. The van der Waals surface area contributed by atoms with Crippen molar-refractivity contribution in [2.75, 3.05) is 11.9 Å². The Hall–Kier alpha value is -2.45. The number of hydrogen-bond acceptors (Lipinski definition) is 4. The van der Waals surface area contributed by atoms with Crippen LogP contribution in [-0.2, 0) is 10.0 Å². The molecule has 6 nitrogen and oxygen atoms in total. The van der Waals surface area contributed by atoms with Gasteiger partial charge in [-0.05, 0) is 55.9 Å². The zero-order chi connectivity index (χ0) is 22.7. The van der Waals surface area contributed by atoms with Crippen molar-refractivity contribution in [1.29, 1.82) is 0 Å². The standard InChI is InChI=1S/C23H31N3O3S2/c1-3-4-5-6-7-8-16-24-22(27)19-10-9-11-20(17-19)25-23(30)26-31(28,29)21-14-12-18(2)13-15-21/h9-15,17H,3-8,16H2,1-2H3,(H,24,27)(H2,25,26,30). The first-order valence-electron chi connectivity index (χ1n) is 10.6. The summed E-state index contributed by atoms with van der Waals surface area (Å²) >= 11 is 5.15. The van der Waals surface area contributed by atoms with Gasteiger partial charge in [0, 0.05) is 17.8 Å². The van der Waals surface area contributed by atoms with Crippen LogP contribution in [0.4, 0.5) is 5.69 Å². The second-order valence-corrected chi connectivity index (χ2v) is 9.57. The molecule has 0 radical (unpaired) electrons. The molecular weight excluding hydrogens is 430 g/mol. The lowest BCUT2D eigenvalue weighted by Crippen LogP contribution is -2.34. The summed E-state index contributed by atoms with van der Waals surface area (Å²) in [6, 6.07) is 13.3. The van der Waals surface area contributed by atoms with E-state index < -0.39 is 10.0 Å². The van der Waals surface area contributed by atoms with Gasteiger partial charge in [0.15, 0.2) is 5.11 Å². The highest BCUT2D eigenvalue weighted by Gasteiger charge is 2.15. The zero-order valence-corrected chi connectivity index (χ0v) is 19.7. The third kappa shape index (κ3) is 8.67. The van der Waals surface area contributed by atoms with Gasteiger partial charge < -0.3 is 10.6 Å². The summed E-state index contributed by atoms with van der Waals surface area (Å²) < 4.78 is 27.2. The predicted molar refractivity (Wildman–Crippen MR) is 130 cm³/mol. The molecule has 168 valence electrons. The van der Waals surface area contributed by atoms with Gasteiger partial charge in [0.05, 0.1) is 4.90 Å². The fraction of sp³-hybridized carbons (Fsp3) is 0.391. The Morgan fingerprint density at radius 3 is 2.35 bits per heavy atom. The summed E-state index contributed by atoms with van der Waals surface area (Å²) in [5.41, 5.74) is 1.98. The molecule has 0 unspecified atom stereocenters. The number of unbranched alkanes of at least 4 members (excludes halogenated alkanes) is 5. The fourth-order valence-corrected chi connectivity index (χ4v) is 4.36. The number of sulfonamides is 1. The van der Waals surface area contributed by atoms with E-state index in [0.29, 0.717) is 17.8 Å². The molecule has 0 aliphatic carbocycles. The van der Waals surface area contributed by atoms with Crippen LogP contribution in [0.25, 0.3) is 0 Å². The van der Waals surface area contributed by atoms with Crippen molar-refractivity contribution in [2.24, 2.45) is 0 Å². The first-order chi connectivity index (χ1) is 14.8. The molecule has 0 saturated heterocycles. The van der Waals surface area contributed by atoms with Gasteiger partial charge in [-0.1, -0.05) is 62.8 Å². The van der Waals surface area contributed by atoms with E-state index in [4.69, 9.17) is 12.2 Å². The summed E-state index contributed by atoms with van der Waals surface area (Å²) in [5, 5.41) is 5.69. The summed E-state index contributed by atoms with van der Waals surface area (Å²) in [7, 11) is -3.78. The van der Waals surface area contributed by atoms with E-state index in [1.807, 2.05) is 6.92 Å². The molecule has 2 rings (SSSR count). The number of hydrogen-bond donors (Lipinski definition) is 3. The van der Waals surface area contributed by atoms with Gasteiger partial charge in [0.1, 0.15) is 0 Å². The number of nitrogens with one attached hydrogen (secondary N) is 3. The minimum Gasteiger partial charge on any atom is -0.352 e. The predicted octanol–water partition coefficient (Wildman–Crippen LogP) is 4.76. The molecular formula is C23H31N3O3S2. The van der Waals surface area contributed by atoms with Crippen molar-refractivity contribution >= 4 is 38.9 Å². The second kappa shape index (κ2) is 12.4. The molecule has 0 fully saturated rings. The smallest absolute Gasteiger partial charge is 0.263 e. The molecule has 2 aromatic rings. The molecule has 8 heteroatoms. The maximum absolute atomic E-state index is 12.4. The van der Waals surface area contributed by atoms with E-state index in [9.17, 15) is 13.2 Å². The van der Waals surface area contributed by atoms with Crippen LogP contribution >= 0.6 is 12.2 Å². The first kappa shape index (κ1) is 24.8. The van der Waals surface area contributed by atoms with Crippen molar-refractivity contribution < 1.29 is 13.2 Å². The van der Waals surface area contributed by atoms with Gasteiger partial charge in [-0.25, -0.2) is 8.42 Å². The quantitative estimate of drug-likeness (QED) is 0.332. The normalized spacial score (nSPS) is 11.0. The van der Waals surface area contributed by atoms with Crippen LogP contribution in [0, 0.1) is 6.92 Å². The van der Waals surface area contributed by atoms with Gasteiger partial charge in [-0.2, -0.15) is 0 Å². The number of thiocarbonyl (C=S) groups is 1. The van der Waals surface area contributed by atoms with Crippen LogP contribution in [0.2, 0.25) is 0 Å². The highest BCUT2D eigenvalue weighted by molar-refractivity contribution is 7.92. The summed E-state index contributed by atoms with van der Waals surface area (Å²) in [4.78, 5) is 12.5. The SMILES string of the molecule is CCCCCCCCNC(=O)c1cccc(NC(=S)NS(=O)(=O)c2ccc(C)cc2)c1. The molecule has 0 aliphatic heterocycles. The van der Waals surface area contributed by atoms with E-state index >= 15 is 0 Å². The monoisotopic (exact) mass is 461 g/mol. The van der Waals surface area contributed by atoms with Crippen LogP contribution in [0.1, 0.15) is 61.4 Å². The Balaban J connectivity index is 1.86. The topological polar surface area (TPSA) is 87.3 Å². The van der Waals surface area contributed by atoms with Crippen LogP contribution < -0.4 is 15.4 Å². The fourth-order valence-electron chi connectivity index (χ4n) is 3.00. The number of rotatable bonds is 11. The van der Waals surface area contributed by atoms with Gasteiger partial charge in [-0.3, -0.25) is 9.52 Å². The second-order valence-electron chi connectivity index (χ2n) is 7.48. The molecule has 0 atom stereocenters. The number of carbonyl (C=O) groups is 1. The molecule has 0 heterocycles. The number of carbonyl (C=O) groups excluding carboxylic acids is 1. The lowest BCUT2D eigenvalue weighted by atomic mass is 10.1. The summed E-state index contributed by atoms with van der Waals surface area (Å²) in [6.07, 6.45) is 6.98. The van der Waals surface area contributed by atoms with Gasteiger partial charge >= 0.3 is 0 Å². The van der Waals surface area contributed by atoms with Crippen molar-refractivity contribution in [3.05, 3.63) is 59.7 Å². The van der Waals surface area contributed by atoms with E-state index in [-0.39, 0.29) is 15.9 Å². The summed E-state index contributed by atoms with van der Waals surface area (Å²) in [5.74, 6) is -0.164. The first-order valence-corrected chi connectivity index (χ1v) is 12.5. The zero-order valence-electron chi connectivity index (χ0n) is 18.1. The van der Waals surface area contributed by atoms with Crippen LogP contribution in [0.15, 0.2) is 53.4 Å². The lowest BCUT2D eigenvalue weighted by Gasteiger charge is -2.12. The largest absolute Gasteiger partial charge is 0.352 e. The van der Waals surface area contributed by atoms with Crippen molar-refractivity contribution in [2.45, 2.75) is 57.3 Å². The van der Waals surface area contributed by atoms with E-state index in [1.165, 1.54) is 37.8 Å². The van der Waals surface area contributed by atoms with Crippen molar-refractivity contribution in [3.63, 3.8) is 0 Å². The Bertz CT molecular complexity index is 974. The Kier molecular flexibility index (Phi) is 9.94. The van der Waals surface area contributed by atoms with Gasteiger partial charge in [0.2, 0.25) is 0 Å². The van der Waals surface area contributed by atoms with Crippen molar-refractivity contribution in [1.82, 2.24) is 10.0 Å². The molecule has 31 heavy (non-hydrogen) atoms. The van der Waals surface area contributed by atoms with E-state index in [1.54, 1.807) is 36.4 Å². The molecule has 2 aromatic carbocycles. The lowest BCUT2D eigenvalue weighted by molar-refractivity contribution is 0.0953. The minimum atomic E-state index is -3.78. The maximum atomic E-state index is 12.4. The number of anilines is 1. The summed E-state index contributed by atoms with van der Waals surface area (Å²) in [6.45, 7) is 4.71. The molecule has 0 bridgehead atoms. The molecule has 1 amide bonds. The van der Waals surface area contributed by atoms with E-state index in [2.05, 4.69) is 22.3 Å². The van der Waals surface area contributed by atoms with E-state index in [0.717, 1.165) is 18.4 Å². The van der Waals surface area contributed by atoms with Crippen molar-refractivity contribution in [3.8, 4) is 0 Å². The highest BCUT2D eigenvalue weighted by Crippen LogP contribution is 2.13.